The Hall–Kier alpha value is -2.54. The molecule has 4 atom stereocenters. The Morgan fingerprint density at radius 2 is 2.21 bits per heavy atom. The Kier molecular flexibility index (Phi) is 5.02. The summed E-state index contributed by atoms with van der Waals surface area (Å²) >= 11 is 0. The van der Waals surface area contributed by atoms with Crippen LogP contribution in [0.25, 0.3) is 0 Å². The smallest absolute Gasteiger partial charge is 0.337 e. The molecule has 1 spiro atoms. The zero-order valence-corrected chi connectivity index (χ0v) is 17.1. The molecule has 4 rings (SSSR count). The van der Waals surface area contributed by atoms with Crippen molar-refractivity contribution in [2.45, 2.75) is 37.6 Å². The van der Waals surface area contributed by atoms with E-state index in [2.05, 4.69) is 17.1 Å². The fourth-order valence-corrected chi connectivity index (χ4v) is 5.73. The van der Waals surface area contributed by atoms with Crippen molar-refractivity contribution >= 4 is 17.6 Å². The van der Waals surface area contributed by atoms with Crippen molar-refractivity contribution in [1.29, 1.82) is 0 Å². The van der Waals surface area contributed by atoms with E-state index in [0.29, 0.717) is 29.7 Å². The lowest BCUT2D eigenvalue weighted by Gasteiger charge is -2.45. The second kappa shape index (κ2) is 7.37. The minimum absolute atomic E-state index is 0.0643. The Morgan fingerprint density at radius 1 is 1.41 bits per heavy atom. The van der Waals surface area contributed by atoms with Gasteiger partial charge < -0.3 is 19.9 Å². The zero-order valence-electron chi connectivity index (χ0n) is 17.1. The maximum atomic E-state index is 13.2. The van der Waals surface area contributed by atoms with Crippen molar-refractivity contribution in [2.24, 2.45) is 11.8 Å². The average Bonchev–Trinajstić information content (AvgIpc) is 3.24. The number of benzene rings is 1. The number of carbonyl (C=O) groups excluding carboxylic acids is 2. The van der Waals surface area contributed by atoms with Gasteiger partial charge in [0, 0.05) is 23.8 Å². The molecule has 3 aliphatic heterocycles. The number of aromatic hydroxyl groups is 1. The van der Waals surface area contributed by atoms with Crippen LogP contribution in [-0.4, -0.2) is 55.2 Å². The number of hydrogen-bond donors (Lipinski definition) is 2. The van der Waals surface area contributed by atoms with Gasteiger partial charge in [-0.1, -0.05) is 19.4 Å². The van der Waals surface area contributed by atoms with E-state index in [-0.39, 0.29) is 29.5 Å². The number of phenols is 1. The number of phenolic OH excluding ortho intramolecular Hbond substituents is 1. The van der Waals surface area contributed by atoms with Crippen molar-refractivity contribution in [3.8, 4) is 5.75 Å². The number of nitrogens with one attached hydrogen (secondary N) is 1. The molecule has 3 heterocycles. The van der Waals surface area contributed by atoms with Gasteiger partial charge in [0.1, 0.15) is 5.75 Å². The molecule has 2 fully saturated rings. The van der Waals surface area contributed by atoms with Crippen LogP contribution >= 0.6 is 0 Å². The second-order valence-electron chi connectivity index (χ2n) is 8.20. The standard InChI is InChI=1S/C22H28N2O5/c1-4-13-11-24-9-8-22(19-16(23-21(22)27)6-5-7-17(19)25)18(24)10-14(13)15(12-28-2)20(26)29-3/h5-7,12-14,18,25H,4,8-11H2,1-3H3,(H,23,27)/t13-,14+,18+,22+/m1/s1. The molecule has 7 nitrogen and oxygen atoms in total. The van der Waals surface area contributed by atoms with E-state index in [1.807, 2.05) is 6.07 Å². The largest absolute Gasteiger partial charge is 0.508 e. The van der Waals surface area contributed by atoms with Gasteiger partial charge >= 0.3 is 5.97 Å². The summed E-state index contributed by atoms with van der Waals surface area (Å²) in [5.41, 5.74) is 1.10. The average molecular weight is 400 g/mol. The Labute approximate surface area is 170 Å². The fraction of sp³-hybridized carbons (Fsp3) is 0.545. The molecule has 2 saturated heterocycles. The summed E-state index contributed by atoms with van der Waals surface area (Å²) in [6, 6.07) is 5.12. The summed E-state index contributed by atoms with van der Waals surface area (Å²) in [5, 5.41) is 13.6. The van der Waals surface area contributed by atoms with Crippen molar-refractivity contribution in [2.75, 3.05) is 32.6 Å². The Balaban J connectivity index is 1.77. The number of piperidine rings is 1. The highest BCUT2D eigenvalue weighted by Gasteiger charge is 2.61. The van der Waals surface area contributed by atoms with Crippen molar-refractivity contribution in [3.05, 3.63) is 35.6 Å². The maximum Gasteiger partial charge on any atom is 0.337 e. The van der Waals surface area contributed by atoms with Gasteiger partial charge in [0.25, 0.3) is 0 Å². The number of hydrogen-bond acceptors (Lipinski definition) is 6. The summed E-state index contributed by atoms with van der Waals surface area (Å²) in [6.45, 7) is 3.70. The summed E-state index contributed by atoms with van der Waals surface area (Å²) < 4.78 is 10.2. The molecule has 1 amide bonds. The van der Waals surface area contributed by atoms with Gasteiger partial charge in [0.15, 0.2) is 0 Å². The molecule has 7 heteroatoms. The first-order valence-electron chi connectivity index (χ1n) is 10.2. The zero-order chi connectivity index (χ0) is 20.8. The van der Waals surface area contributed by atoms with Crippen LogP contribution in [0.4, 0.5) is 5.69 Å². The number of anilines is 1. The van der Waals surface area contributed by atoms with E-state index in [4.69, 9.17) is 9.47 Å². The topological polar surface area (TPSA) is 88.1 Å². The number of rotatable bonds is 4. The quantitative estimate of drug-likeness (QED) is 0.458. The van der Waals surface area contributed by atoms with Crippen molar-refractivity contribution in [1.82, 2.24) is 4.90 Å². The first kappa shape index (κ1) is 19.8. The van der Waals surface area contributed by atoms with Crippen LogP contribution in [0.2, 0.25) is 0 Å². The molecular formula is C22H28N2O5. The van der Waals surface area contributed by atoms with Crippen LogP contribution in [0.3, 0.4) is 0 Å². The lowest BCUT2D eigenvalue weighted by molar-refractivity contribution is -0.137. The predicted molar refractivity (Wildman–Crippen MR) is 107 cm³/mol. The highest BCUT2D eigenvalue weighted by Crippen LogP contribution is 2.55. The first-order chi connectivity index (χ1) is 14.0. The van der Waals surface area contributed by atoms with Gasteiger partial charge in [-0.25, -0.2) is 4.79 Å². The molecular weight excluding hydrogens is 372 g/mol. The molecule has 1 aromatic rings. The summed E-state index contributed by atoms with van der Waals surface area (Å²) in [5.74, 6) is -0.125. The third kappa shape index (κ3) is 2.82. The molecule has 0 unspecified atom stereocenters. The molecule has 1 aromatic carbocycles. The third-order valence-corrected chi connectivity index (χ3v) is 7.05. The molecule has 29 heavy (non-hydrogen) atoms. The lowest BCUT2D eigenvalue weighted by atomic mass is 9.67. The van der Waals surface area contributed by atoms with Crippen molar-refractivity contribution < 1.29 is 24.2 Å². The van der Waals surface area contributed by atoms with Gasteiger partial charge in [-0.3, -0.25) is 9.69 Å². The van der Waals surface area contributed by atoms with Crippen LogP contribution in [-0.2, 0) is 24.5 Å². The number of carbonyl (C=O) groups is 2. The van der Waals surface area contributed by atoms with Gasteiger partial charge in [-0.2, -0.15) is 0 Å². The molecule has 156 valence electrons. The van der Waals surface area contributed by atoms with Crippen LogP contribution in [0.5, 0.6) is 5.75 Å². The highest BCUT2D eigenvalue weighted by molar-refractivity contribution is 6.08. The third-order valence-electron chi connectivity index (χ3n) is 7.05. The summed E-state index contributed by atoms with van der Waals surface area (Å²) in [4.78, 5) is 28.1. The molecule has 0 aliphatic carbocycles. The molecule has 0 radical (unpaired) electrons. The number of fused-ring (bicyclic) bond motifs is 4. The number of ether oxygens (including phenoxy) is 2. The van der Waals surface area contributed by atoms with E-state index in [0.717, 1.165) is 19.5 Å². The van der Waals surface area contributed by atoms with E-state index >= 15 is 0 Å². The molecule has 3 aliphatic rings. The molecule has 0 saturated carbocycles. The first-order valence-corrected chi connectivity index (χ1v) is 10.2. The van der Waals surface area contributed by atoms with Gasteiger partial charge in [-0.15, -0.1) is 0 Å². The lowest BCUT2D eigenvalue weighted by Crippen LogP contribution is -2.53. The van der Waals surface area contributed by atoms with Crippen molar-refractivity contribution in [3.63, 3.8) is 0 Å². The van der Waals surface area contributed by atoms with E-state index in [9.17, 15) is 14.7 Å². The fourth-order valence-electron chi connectivity index (χ4n) is 5.73. The van der Waals surface area contributed by atoms with Crippen LogP contribution in [0.1, 0.15) is 31.7 Å². The maximum absolute atomic E-state index is 13.2. The van der Waals surface area contributed by atoms with Gasteiger partial charge in [0.05, 0.1) is 31.5 Å². The van der Waals surface area contributed by atoms with E-state index in [1.54, 1.807) is 12.1 Å². The Morgan fingerprint density at radius 3 is 2.90 bits per heavy atom. The number of amides is 1. The highest BCUT2D eigenvalue weighted by atomic mass is 16.5. The van der Waals surface area contributed by atoms with E-state index in [1.165, 1.54) is 20.5 Å². The van der Waals surface area contributed by atoms with Gasteiger partial charge in [-0.05, 0) is 43.4 Å². The Bertz CT molecular complexity index is 867. The van der Waals surface area contributed by atoms with Gasteiger partial charge in [0.2, 0.25) is 5.91 Å². The molecule has 0 bridgehead atoms. The minimum atomic E-state index is -0.800. The van der Waals surface area contributed by atoms with Crippen LogP contribution in [0.15, 0.2) is 30.0 Å². The predicted octanol–water partition coefficient (Wildman–Crippen LogP) is 2.41. The normalized spacial score (nSPS) is 31.3. The second-order valence-corrected chi connectivity index (χ2v) is 8.20. The SMILES string of the molecule is CC[C@@H]1CN2CC[C@]3(C(=O)Nc4cccc(O)c43)[C@@H]2C[C@@H]1C(=COC)C(=O)OC. The minimum Gasteiger partial charge on any atom is -0.508 e. The molecule has 0 aromatic heterocycles. The summed E-state index contributed by atoms with van der Waals surface area (Å²) in [7, 11) is 2.90. The molecule has 2 N–H and O–H groups in total. The monoisotopic (exact) mass is 400 g/mol. The van der Waals surface area contributed by atoms with Crippen LogP contribution in [0, 0.1) is 11.8 Å². The number of esters is 1. The van der Waals surface area contributed by atoms with Crippen LogP contribution < -0.4 is 5.32 Å². The number of nitrogens with zero attached hydrogens (tertiary/aromatic N) is 1. The summed E-state index contributed by atoms with van der Waals surface area (Å²) in [6.07, 6.45) is 3.67. The van der Waals surface area contributed by atoms with E-state index < -0.39 is 11.4 Å². The number of methoxy groups -OCH3 is 2.